The lowest BCUT2D eigenvalue weighted by molar-refractivity contribution is -0.351. The van der Waals surface area contributed by atoms with Crippen LogP contribution in [0.5, 0.6) is 0 Å². The van der Waals surface area contributed by atoms with Gasteiger partial charge in [-0.15, -0.1) is 0 Å². The predicted molar refractivity (Wildman–Crippen MR) is 36.1 cm³/mol. The molecule has 0 nitrogen and oxygen atoms in total. The Labute approximate surface area is 88.6 Å². The summed E-state index contributed by atoms with van der Waals surface area (Å²) in [5.41, 5.74) is 0. The monoisotopic (exact) mass is 280 g/mol. The molecule has 0 aromatic rings. The molecule has 0 saturated heterocycles. The lowest BCUT2D eigenvalue weighted by Crippen LogP contribution is -2.59. The van der Waals surface area contributed by atoms with E-state index in [1.807, 2.05) is 0 Å². The summed E-state index contributed by atoms with van der Waals surface area (Å²) in [5, 5.41) is 0. The largest absolute Gasteiger partial charge is 0.456 e. The highest BCUT2D eigenvalue weighted by Crippen LogP contribution is 2.50. The van der Waals surface area contributed by atoms with Gasteiger partial charge < -0.3 is 0 Å². The summed E-state index contributed by atoms with van der Waals surface area (Å²) in [4.78, 5) is 0. The smallest absolute Gasteiger partial charge is 0.233 e. The molecule has 10 heteroatoms. The van der Waals surface area contributed by atoms with Crippen molar-refractivity contribution in [2.45, 2.75) is 43.5 Å². The maximum atomic E-state index is 12.5. The van der Waals surface area contributed by atoms with Crippen molar-refractivity contribution in [1.82, 2.24) is 0 Å². The third-order valence-electron chi connectivity index (χ3n) is 1.95. The van der Waals surface area contributed by atoms with Crippen LogP contribution in [-0.4, -0.2) is 30.1 Å². The first-order valence-electron chi connectivity index (χ1n) is 4.06. The predicted octanol–water partition coefficient (Wildman–Crippen LogP) is 4.20. The van der Waals surface area contributed by atoms with E-state index in [2.05, 4.69) is 0 Å². The lowest BCUT2D eigenvalue weighted by atomic mass is 9.99. The van der Waals surface area contributed by atoms with Gasteiger partial charge in [0.05, 0.1) is 0 Å². The average molecular weight is 280 g/mol. The summed E-state index contributed by atoms with van der Waals surface area (Å²) in [6.07, 6.45) is -13.8. The molecule has 0 fully saturated rings. The fraction of sp³-hybridized carbons (Fsp3) is 1.00. The molecule has 0 amide bonds. The van der Waals surface area contributed by atoms with Crippen LogP contribution in [0, 0.1) is 0 Å². The molecule has 0 radical (unpaired) electrons. The van der Waals surface area contributed by atoms with Gasteiger partial charge in [-0.1, -0.05) is 6.92 Å². The molecule has 0 aliphatic rings. The van der Waals surface area contributed by atoms with Gasteiger partial charge in [0.25, 0.3) is 0 Å². The van der Waals surface area contributed by atoms with E-state index in [1.54, 1.807) is 0 Å². The zero-order valence-electron chi connectivity index (χ0n) is 8.06. The van der Waals surface area contributed by atoms with Crippen molar-refractivity contribution in [1.29, 1.82) is 0 Å². The normalized spacial score (nSPS) is 17.1. The van der Waals surface area contributed by atoms with E-state index in [9.17, 15) is 43.9 Å². The highest BCUT2D eigenvalue weighted by molar-refractivity contribution is 4.99. The molecule has 0 aliphatic heterocycles. The fourth-order valence-electron chi connectivity index (χ4n) is 0.792. The quantitative estimate of drug-likeness (QED) is 0.677. The SMILES string of the molecule is CCC(F)(F)C(F)(F)[C@H](F)C(F)(F)C(F)(F)F. The van der Waals surface area contributed by atoms with E-state index in [1.165, 1.54) is 0 Å². The van der Waals surface area contributed by atoms with E-state index in [4.69, 9.17) is 0 Å². The minimum Gasteiger partial charge on any atom is -0.233 e. The number of alkyl halides is 10. The van der Waals surface area contributed by atoms with Crippen molar-refractivity contribution in [2.75, 3.05) is 0 Å². The van der Waals surface area contributed by atoms with Gasteiger partial charge in [0, 0.05) is 6.42 Å². The van der Waals surface area contributed by atoms with Crippen molar-refractivity contribution in [2.24, 2.45) is 0 Å². The maximum absolute atomic E-state index is 12.5. The van der Waals surface area contributed by atoms with E-state index >= 15 is 0 Å². The Bertz CT molecular complexity index is 264. The number of rotatable bonds is 4. The molecule has 0 spiro atoms. The molecule has 17 heavy (non-hydrogen) atoms. The lowest BCUT2D eigenvalue weighted by Gasteiger charge is -2.32. The summed E-state index contributed by atoms with van der Waals surface area (Å²) in [6.45, 7) is 0.395. The van der Waals surface area contributed by atoms with Gasteiger partial charge in [-0.05, 0) is 0 Å². The van der Waals surface area contributed by atoms with Crippen LogP contribution >= 0.6 is 0 Å². The van der Waals surface area contributed by atoms with E-state index in [0.717, 1.165) is 0 Å². The van der Waals surface area contributed by atoms with Crippen molar-refractivity contribution >= 4 is 0 Å². The molecule has 0 aliphatic carbocycles. The van der Waals surface area contributed by atoms with Gasteiger partial charge >= 0.3 is 23.9 Å². The van der Waals surface area contributed by atoms with Crippen molar-refractivity contribution < 1.29 is 43.9 Å². The van der Waals surface area contributed by atoms with Gasteiger partial charge in [0.1, 0.15) is 0 Å². The summed E-state index contributed by atoms with van der Waals surface area (Å²) in [7, 11) is 0. The van der Waals surface area contributed by atoms with E-state index in [0.29, 0.717) is 6.92 Å². The van der Waals surface area contributed by atoms with E-state index < -0.39 is 36.5 Å². The Morgan fingerprint density at radius 1 is 0.765 bits per heavy atom. The molecule has 0 aromatic heterocycles. The van der Waals surface area contributed by atoms with Crippen LogP contribution in [0.2, 0.25) is 0 Å². The molecule has 0 aromatic carbocycles. The maximum Gasteiger partial charge on any atom is 0.456 e. The highest BCUT2D eigenvalue weighted by atomic mass is 19.4. The van der Waals surface area contributed by atoms with Crippen LogP contribution in [0.3, 0.4) is 0 Å². The van der Waals surface area contributed by atoms with Crippen molar-refractivity contribution in [3.63, 3.8) is 0 Å². The van der Waals surface area contributed by atoms with Crippen molar-refractivity contribution in [3.05, 3.63) is 0 Å². The first kappa shape index (κ1) is 16.3. The zero-order chi connectivity index (χ0) is 14.3. The van der Waals surface area contributed by atoms with Gasteiger partial charge in [-0.2, -0.15) is 39.5 Å². The molecule has 104 valence electrons. The average Bonchev–Trinajstić information content (AvgIpc) is 2.14. The highest BCUT2D eigenvalue weighted by Gasteiger charge is 2.75. The Hall–Kier alpha value is -0.700. The van der Waals surface area contributed by atoms with Crippen LogP contribution in [-0.2, 0) is 0 Å². The van der Waals surface area contributed by atoms with Crippen LogP contribution in [0.1, 0.15) is 13.3 Å². The fourth-order valence-corrected chi connectivity index (χ4v) is 0.792. The molecule has 0 rings (SSSR count). The van der Waals surface area contributed by atoms with Crippen LogP contribution < -0.4 is 0 Å². The summed E-state index contributed by atoms with van der Waals surface area (Å²) >= 11 is 0. The second kappa shape index (κ2) is 4.20. The molecular formula is C7H6F10. The second-order valence-corrected chi connectivity index (χ2v) is 3.16. The van der Waals surface area contributed by atoms with Crippen molar-refractivity contribution in [3.8, 4) is 0 Å². The summed E-state index contributed by atoms with van der Waals surface area (Å²) < 4.78 is 121. The molecule has 0 saturated carbocycles. The molecule has 1 atom stereocenters. The Morgan fingerprint density at radius 2 is 1.12 bits per heavy atom. The number of hydrogen-bond donors (Lipinski definition) is 0. The first-order chi connectivity index (χ1) is 7.22. The van der Waals surface area contributed by atoms with Crippen LogP contribution in [0.15, 0.2) is 0 Å². The van der Waals surface area contributed by atoms with Gasteiger partial charge in [0.2, 0.25) is 6.17 Å². The topological polar surface area (TPSA) is 0 Å². The Balaban J connectivity index is 5.38. The Morgan fingerprint density at radius 3 is 1.35 bits per heavy atom. The summed E-state index contributed by atoms with van der Waals surface area (Å²) in [5.74, 6) is -18.0. The third kappa shape index (κ3) is 2.59. The molecule has 0 unspecified atom stereocenters. The number of hydrogen-bond acceptors (Lipinski definition) is 0. The zero-order valence-corrected chi connectivity index (χ0v) is 8.06. The van der Waals surface area contributed by atoms with Gasteiger partial charge in [-0.3, -0.25) is 0 Å². The molecule has 0 heterocycles. The Kier molecular flexibility index (Phi) is 4.03. The second-order valence-electron chi connectivity index (χ2n) is 3.16. The van der Waals surface area contributed by atoms with Crippen LogP contribution in [0.4, 0.5) is 43.9 Å². The molecule has 0 N–H and O–H groups in total. The molecule has 0 bridgehead atoms. The minimum absolute atomic E-state index is 0.395. The minimum atomic E-state index is -6.68. The standard InChI is InChI=1S/C7H6F10/c1-2-4(9,10)5(11,12)3(8)6(13,14)7(15,16)17/h3H,2H2,1H3/t3-/m0/s1. The third-order valence-corrected chi connectivity index (χ3v) is 1.95. The van der Waals surface area contributed by atoms with Crippen LogP contribution in [0.25, 0.3) is 0 Å². The molecular weight excluding hydrogens is 274 g/mol. The summed E-state index contributed by atoms with van der Waals surface area (Å²) in [6, 6.07) is 0. The number of halogens is 10. The van der Waals surface area contributed by atoms with Gasteiger partial charge in [-0.25, -0.2) is 4.39 Å². The van der Waals surface area contributed by atoms with Gasteiger partial charge in [0.15, 0.2) is 0 Å². The van der Waals surface area contributed by atoms with E-state index in [-0.39, 0.29) is 0 Å². The first-order valence-corrected chi connectivity index (χ1v) is 4.06.